The van der Waals surface area contributed by atoms with E-state index < -0.39 is 0 Å². The fraction of sp³-hybridized carbons (Fsp3) is 0.158. The molecule has 0 unspecified atom stereocenters. The third kappa shape index (κ3) is 3.07. The van der Waals surface area contributed by atoms with Crippen molar-refractivity contribution < 1.29 is 18.6 Å². The van der Waals surface area contributed by atoms with Crippen LogP contribution in [0.5, 0.6) is 17.2 Å². The van der Waals surface area contributed by atoms with Gasteiger partial charge >= 0.3 is 0 Å². The second-order valence-corrected chi connectivity index (χ2v) is 6.04. The molecular formula is C19H15ClN4O4. The number of benzene rings is 2. The molecule has 8 nitrogen and oxygen atoms in total. The molecule has 0 saturated carbocycles. The minimum atomic E-state index is 0.159. The monoisotopic (exact) mass is 398 g/mol. The number of hydrogen-bond donors (Lipinski definition) is 0. The Kier molecular flexibility index (Phi) is 4.70. The topological polar surface area (TPSA) is 92.4 Å². The zero-order chi connectivity index (χ0) is 19.7. The lowest BCUT2D eigenvalue weighted by atomic mass is 10.2. The lowest BCUT2D eigenvalue weighted by Gasteiger charge is -2.12. The fourth-order valence-electron chi connectivity index (χ4n) is 2.75. The third-order valence-electron chi connectivity index (χ3n) is 4.07. The number of methoxy groups -OCH3 is 3. The minimum Gasteiger partial charge on any atom is -0.493 e. The van der Waals surface area contributed by atoms with E-state index in [1.807, 2.05) is 24.3 Å². The standard InChI is InChI=1S/C19H15ClN4O4/c1-25-13-8-10(9-14(26-2)16(13)27-3)18-23-24-19(28-18)15-17(20)22-12-7-5-4-6-11(12)21-15/h4-9H,1-3H3. The Labute approximate surface area is 165 Å². The highest BCUT2D eigenvalue weighted by Gasteiger charge is 2.20. The van der Waals surface area contributed by atoms with Gasteiger partial charge in [0, 0.05) is 5.56 Å². The molecule has 0 aliphatic heterocycles. The summed E-state index contributed by atoms with van der Waals surface area (Å²) in [6.07, 6.45) is 0. The summed E-state index contributed by atoms with van der Waals surface area (Å²) in [5.41, 5.74) is 2.26. The van der Waals surface area contributed by atoms with Crippen molar-refractivity contribution in [2.24, 2.45) is 0 Å². The van der Waals surface area contributed by atoms with Crippen LogP contribution < -0.4 is 14.2 Å². The van der Waals surface area contributed by atoms with Gasteiger partial charge < -0.3 is 18.6 Å². The first-order valence-corrected chi connectivity index (χ1v) is 8.59. The maximum atomic E-state index is 6.27. The first-order chi connectivity index (χ1) is 13.6. The SMILES string of the molecule is COc1cc(-c2nnc(-c3nc4ccccc4nc3Cl)o2)cc(OC)c1OC. The average Bonchev–Trinajstić information content (AvgIpc) is 3.22. The Morgan fingerprint density at radius 2 is 1.43 bits per heavy atom. The molecule has 2 heterocycles. The predicted octanol–water partition coefficient (Wildman–Crippen LogP) is 4.03. The molecule has 142 valence electrons. The Bertz CT molecular complexity index is 1140. The van der Waals surface area contributed by atoms with Crippen LogP contribution in [0.25, 0.3) is 34.1 Å². The maximum Gasteiger partial charge on any atom is 0.269 e. The summed E-state index contributed by atoms with van der Waals surface area (Å²) in [6.45, 7) is 0. The van der Waals surface area contributed by atoms with Crippen LogP contribution in [-0.2, 0) is 0 Å². The molecule has 0 aliphatic rings. The average molecular weight is 399 g/mol. The third-order valence-corrected chi connectivity index (χ3v) is 4.33. The molecule has 0 aliphatic carbocycles. The summed E-state index contributed by atoms with van der Waals surface area (Å²) in [5, 5.41) is 8.34. The molecule has 28 heavy (non-hydrogen) atoms. The number of rotatable bonds is 5. The van der Waals surface area contributed by atoms with Gasteiger partial charge in [-0.1, -0.05) is 23.7 Å². The van der Waals surface area contributed by atoms with Crippen molar-refractivity contribution in [3.63, 3.8) is 0 Å². The van der Waals surface area contributed by atoms with Crippen LogP contribution in [-0.4, -0.2) is 41.5 Å². The van der Waals surface area contributed by atoms with Gasteiger partial charge in [0.15, 0.2) is 22.3 Å². The molecule has 2 aromatic carbocycles. The van der Waals surface area contributed by atoms with Crippen molar-refractivity contribution in [2.75, 3.05) is 21.3 Å². The zero-order valence-corrected chi connectivity index (χ0v) is 16.0. The molecule has 0 N–H and O–H groups in total. The highest BCUT2D eigenvalue weighted by molar-refractivity contribution is 6.32. The smallest absolute Gasteiger partial charge is 0.269 e. The highest BCUT2D eigenvalue weighted by Crippen LogP contribution is 2.41. The molecule has 0 amide bonds. The van der Waals surface area contributed by atoms with Crippen molar-refractivity contribution in [1.29, 1.82) is 0 Å². The van der Waals surface area contributed by atoms with Gasteiger partial charge in [0.2, 0.25) is 11.6 Å². The molecule has 0 spiro atoms. The summed E-state index contributed by atoms with van der Waals surface area (Å²) >= 11 is 6.27. The van der Waals surface area contributed by atoms with E-state index in [1.165, 1.54) is 21.3 Å². The lowest BCUT2D eigenvalue weighted by Crippen LogP contribution is -1.95. The van der Waals surface area contributed by atoms with Crippen LogP contribution in [0, 0.1) is 0 Å². The van der Waals surface area contributed by atoms with E-state index in [9.17, 15) is 0 Å². The largest absolute Gasteiger partial charge is 0.493 e. The molecule has 2 aromatic heterocycles. The van der Waals surface area contributed by atoms with Gasteiger partial charge in [-0.05, 0) is 24.3 Å². The fourth-order valence-corrected chi connectivity index (χ4v) is 2.97. The molecule has 0 bridgehead atoms. The van der Waals surface area contributed by atoms with Gasteiger partial charge in [0.25, 0.3) is 5.89 Å². The van der Waals surface area contributed by atoms with Crippen molar-refractivity contribution in [3.8, 4) is 40.3 Å². The van der Waals surface area contributed by atoms with Crippen LogP contribution in [0.4, 0.5) is 0 Å². The molecule has 9 heteroatoms. The van der Waals surface area contributed by atoms with Crippen molar-refractivity contribution in [2.45, 2.75) is 0 Å². The number of aromatic nitrogens is 4. The van der Waals surface area contributed by atoms with Crippen LogP contribution in [0.3, 0.4) is 0 Å². The van der Waals surface area contributed by atoms with Crippen LogP contribution in [0.1, 0.15) is 0 Å². The molecule has 0 fully saturated rings. The molecular weight excluding hydrogens is 384 g/mol. The Hall–Kier alpha value is -3.39. The van der Waals surface area contributed by atoms with Gasteiger partial charge in [0.1, 0.15) is 0 Å². The van der Waals surface area contributed by atoms with Crippen LogP contribution in [0.15, 0.2) is 40.8 Å². The van der Waals surface area contributed by atoms with Gasteiger partial charge in [-0.2, -0.15) is 0 Å². The number of hydrogen-bond acceptors (Lipinski definition) is 8. The van der Waals surface area contributed by atoms with Gasteiger partial charge in [-0.3, -0.25) is 0 Å². The molecule has 4 aromatic rings. The molecule has 0 atom stereocenters. The van der Waals surface area contributed by atoms with Crippen molar-refractivity contribution in [3.05, 3.63) is 41.6 Å². The normalized spacial score (nSPS) is 10.9. The first kappa shape index (κ1) is 18.0. The molecule has 0 saturated heterocycles. The lowest BCUT2D eigenvalue weighted by molar-refractivity contribution is 0.324. The Morgan fingerprint density at radius 3 is 2.04 bits per heavy atom. The van der Waals surface area contributed by atoms with E-state index in [4.69, 9.17) is 30.2 Å². The zero-order valence-electron chi connectivity index (χ0n) is 15.3. The van der Waals surface area contributed by atoms with Crippen molar-refractivity contribution in [1.82, 2.24) is 20.2 Å². The predicted molar refractivity (Wildman–Crippen MR) is 103 cm³/mol. The summed E-state index contributed by atoms with van der Waals surface area (Å²) < 4.78 is 21.8. The second kappa shape index (κ2) is 7.32. The number of halogens is 1. The highest BCUT2D eigenvalue weighted by atomic mass is 35.5. The number of nitrogens with zero attached hydrogens (tertiary/aromatic N) is 4. The van der Waals surface area contributed by atoms with Gasteiger partial charge in [-0.15, -0.1) is 10.2 Å². The van der Waals surface area contributed by atoms with E-state index in [-0.39, 0.29) is 16.9 Å². The summed E-state index contributed by atoms with van der Waals surface area (Å²) in [7, 11) is 4.60. The van der Waals surface area contributed by atoms with Gasteiger partial charge in [0.05, 0.1) is 32.4 Å². The number of para-hydroxylation sites is 2. The Morgan fingerprint density at radius 1 is 0.821 bits per heavy atom. The van der Waals surface area contributed by atoms with E-state index in [1.54, 1.807) is 12.1 Å². The summed E-state index contributed by atoms with van der Waals surface area (Å²) in [6, 6.07) is 10.8. The second-order valence-electron chi connectivity index (χ2n) is 5.68. The van der Waals surface area contributed by atoms with Crippen molar-refractivity contribution >= 4 is 22.6 Å². The van der Waals surface area contributed by atoms with Crippen LogP contribution >= 0.6 is 11.6 Å². The molecule has 4 rings (SSSR count). The maximum absolute atomic E-state index is 6.27. The summed E-state index contributed by atoms with van der Waals surface area (Å²) in [5.74, 6) is 1.82. The van der Waals surface area contributed by atoms with Gasteiger partial charge in [-0.25, -0.2) is 9.97 Å². The van der Waals surface area contributed by atoms with Crippen LogP contribution in [0.2, 0.25) is 5.15 Å². The quantitative estimate of drug-likeness (QED) is 0.497. The molecule has 0 radical (unpaired) electrons. The number of ether oxygens (including phenoxy) is 3. The minimum absolute atomic E-state index is 0.159. The van der Waals surface area contributed by atoms with E-state index >= 15 is 0 Å². The Balaban J connectivity index is 1.79. The first-order valence-electron chi connectivity index (χ1n) is 8.21. The van der Waals surface area contributed by atoms with E-state index in [2.05, 4.69) is 20.2 Å². The van der Waals surface area contributed by atoms with E-state index in [0.29, 0.717) is 39.5 Å². The van der Waals surface area contributed by atoms with E-state index in [0.717, 1.165) is 0 Å². The number of fused-ring (bicyclic) bond motifs is 1. The summed E-state index contributed by atoms with van der Waals surface area (Å²) in [4.78, 5) is 8.82.